The Morgan fingerprint density at radius 2 is 2.10 bits per heavy atom. The van der Waals surface area contributed by atoms with E-state index in [-0.39, 0.29) is 12.6 Å². The molecule has 158 valence electrons. The molecule has 1 fully saturated rings. The molecule has 30 heavy (non-hydrogen) atoms. The maximum atomic E-state index is 14.1. The lowest BCUT2D eigenvalue weighted by Gasteiger charge is -2.16. The van der Waals surface area contributed by atoms with Gasteiger partial charge in [0.05, 0.1) is 31.4 Å². The van der Waals surface area contributed by atoms with Gasteiger partial charge in [-0.05, 0) is 37.6 Å². The molecule has 6 nitrogen and oxygen atoms in total. The van der Waals surface area contributed by atoms with Gasteiger partial charge in [-0.3, -0.25) is 0 Å². The molecule has 0 bridgehead atoms. The van der Waals surface area contributed by atoms with E-state index in [4.69, 9.17) is 14.7 Å². The Morgan fingerprint density at radius 3 is 2.80 bits per heavy atom. The van der Waals surface area contributed by atoms with Crippen molar-refractivity contribution in [3.63, 3.8) is 0 Å². The van der Waals surface area contributed by atoms with Crippen LogP contribution in [0.15, 0.2) is 41.4 Å². The highest BCUT2D eigenvalue weighted by molar-refractivity contribution is 5.79. The third-order valence-electron chi connectivity index (χ3n) is 4.78. The summed E-state index contributed by atoms with van der Waals surface area (Å²) in [5.74, 6) is 0.991. The highest BCUT2D eigenvalue weighted by atomic mass is 19.1. The van der Waals surface area contributed by atoms with E-state index >= 15 is 0 Å². The van der Waals surface area contributed by atoms with E-state index in [1.165, 1.54) is 6.07 Å². The number of hydrogen-bond acceptors (Lipinski definition) is 4. The van der Waals surface area contributed by atoms with Gasteiger partial charge >= 0.3 is 0 Å². The van der Waals surface area contributed by atoms with E-state index in [0.29, 0.717) is 36.8 Å². The van der Waals surface area contributed by atoms with Crippen LogP contribution in [0.2, 0.25) is 0 Å². The van der Waals surface area contributed by atoms with Gasteiger partial charge in [0.1, 0.15) is 17.7 Å². The molecule has 1 aliphatic heterocycles. The second-order valence-electron chi connectivity index (χ2n) is 7.18. The van der Waals surface area contributed by atoms with Crippen LogP contribution in [0.1, 0.15) is 35.6 Å². The average molecular weight is 410 g/mol. The van der Waals surface area contributed by atoms with Gasteiger partial charge in [0.25, 0.3) is 0 Å². The molecule has 2 aromatic carbocycles. The molecule has 0 aliphatic carbocycles. The largest absolute Gasteiger partial charge is 0.488 e. The molecule has 1 saturated heterocycles. The lowest BCUT2D eigenvalue weighted by molar-refractivity contribution is 0.140. The maximum Gasteiger partial charge on any atom is 0.191 e. The zero-order chi connectivity index (χ0) is 21.3. The first kappa shape index (κ1) is 21.6. The molecule has 3 rings (SSSR count). The number of nitriles is 1. The molecule has 0 spiro atoms. The van der Waals surface area contributed by atoms with Gasteiger partial charge in [0.15, 0.2) is 5.96 Å². The van der Waals surface area contributed by atoms with Crippen LogP contribution in [-0.2, 0) is 17.8 Å². The first-order valence-electron chi connectivity index (χ1n) is 10.1. The van der Waals surface area contributed by atoms with Crippen LogP contribution in [0.4, 0.5) is 4.39 Å². The van der Waals surface area contributed by atoms with E-state index in [9.17, 15) is 4.39 Å². The predicted octanol–water partition coefficient (Wildman–Crippen LogP) is 3.43. The van der Waals surface area contributed by atoms with Crippen molar-refractivity contribution in [2.45, 2.75) is 39.5 Å². The number of aryl methyl sites for hydroxylation is 1. The molecule has 0 aromatic heterocycles. The first-order valence-corrected chi connectivity index (χ1v) is 10.1. The first-order chi connectivity index (χ1) is 14.6. The summed E-state index contributed by atoms with van der Waals surface area (Å²) < 4.78 is 25.7. The standard InChI is InChI=1S/C23H27FN4O2/c1-3-26-23(27-13-18-7-5-17(12-25)11-21(18)24)28-14-19-6-4-16(2)10-22(19)30-20-8-9-29-15-20/h4-7,10-11,20H,3,8-9,13-15H2,1-2H3,(H2,26,27,28). The van der Waals surface area contributed by atoms with E-state index in [1.54, 1.807) is 12.1 Å². The second kappa shape index (κ2) is 10.6. The SMILES string of the molecule is CCNC(=NCc1ccc(C)cc1OC1CCOC1)NCc1ccc(C#N)cc1F. The quantitative estimate of drug-likeness (QED) is 0.540. The van der Waals surface area contributed by atoms with Crippen molar-refractivity contribution in [2.75, 3.05) is 19.8 Å². The van der Waals surface area contributed by atoms with Gasteiger partial charge in [0.2, 0.25) is 0 Å². The summed E-state index contributed by atoms with van der Waals surface area (Å²) in [6.45, 7) is 6.71. The van der Waals surface area contributed by atoms with Crippen molar-refractivity contribution in [3.05, 3.63) is 64.5 Å². The summed E-state index contributed by atoms with van der Waals surface area (Å²) in [6.07, 6.45) is 0.956. The lowest BCUT2D eigenvalue weighted by Crippen LogP contribution is -2.37. The van der Waals surface area contributed by atoms with Crippen LogP contribution in [-0.4, -0.2) is 31.8 Å². The van der Waals surface area contributed by atoms with Crippen molar-refractivity contribution in [1.29, 1.82) is 5.26 Å². The molecule has 1 aliphatic rings. The molecule has 2 N–H and O–H groups in total. The van der Waals surface area contributed by atoms with Crippen LogP contribution in [0.25, 0.3) is 0 Å². The maximum absolute atomic E-state index is 14.1. The Labute approximate surface area is 176 Å². The molecule has 1 heterocycles. The number of benzene rings is 2. The summed E-state index contributed by atoms with van der Waals surface area (Å²) >= 11 is 0. The number of nitrogens with one attached hydrogen (secondary N) is 2. The minimum Gasteiger partial charge on any atom is -0.488 e. The van der Waals surface area contributed by atoms with Gasteiger partial charge < -0.3 is 20.1 Å². The number of rotatable bonds is 7. The van der Waals surface area contributed by atoms with Gasteiger partial charge in [-0.1, -0.05) is 18.2 Å². The molecular weight excluding hydrogens is 383 g/mol. The van der Waals surface area contributed by atoms with Crippen molar-refractivity contribution in [3.8, 4) is 11.8 Å². The van der Waals surface area contributed by atoms with Gasteiger partial charge in [-0.2, -0.15) is 5.26 Å². The lowest BCUT2D eigenvalue weighted by atomic mass is 10.1. The number of ether oxygens (including phenoxy) is 2. The van der Waals surface area contributed by atoms with Crippen LogP contribution >= 0.6 is 0 Å². The van der Waals surface area contributed by atoms with Crippen LogP contribution in [0.5, 0.6) is 5.75 Å². The Bertz CT molecular complexity index is 933. The van der Waals surface area contributed by atoms with Crippen molar-refractivity contribution in [2.24, 2.45) is 4.99 Å². The van der Waals surface area contributed by atoms with E-state index < -0.39 is 5.82 Å². The molecule has 0 amide bonds. The Balaban J connectivity index is 1.69. The minimum absolute atomic E-state index is 0.0697. The van der Waals surface area contributed by atoms with Crippen molar-refractivity contribution < 1.29 is 13.9 Å². The van der Waals surface area contributed by atoms with Gasteiger partial charge in [-0.25, -0.2) is 9.38 Å². The predicted molar refractivity (Wildman–Crippen MR) is 114 cm³/mol. The third kappa shape index (κ3) is 5.94. The monoisotopic (exact) mass is 410 g/mol. The fourth-order valence-electron chi connectivity index (χ4n) is 3.13. The second-order valence-corrected chi connectivity index (χ2v) is 7.18. The summed E-state index contributed by atoms with van der Waals surface area (Å²) in [5.41, 5.74) is 2.88. The van der Waals surface area contributed by atoms with Crippen LogP contribution in [0, 0.1) is 24.1 Å². The Morgan fingerprint density at radius 1 is 1.27 bits per heavy atom. The molecule has 1 unspecified atom stereocenters. The zero-order valence-corrected chi connectivity index (χ0v) is 17.4. The fraction of sp³-hybridized carbons (Fsp3) is 0.391. The number of hydrogen-bond donors (Lipinski definition) is 2. The Kier molecular flexibility index (Phi) is 7.63. The Hall–Kier alpha value is -3.11. The summed E-state index contributed by atoms with van der Waals surface area (Å²) in [5, 5.41) is 15.2. The van der Waals surface area contributed by atoms with Crippen molar-refractivity contribution >= 4 is 5.96 Å². The number of guanidine groups is 1. The normalized spacial score (nSPS) is 16.2. The van der Waals surface area contributed by atoms with Gasteiger partial charge in [-0.15, -0.1) is 0 Å². The van der Waals surface area contributed by atoms with E-state index in [1.807, 2.05) is 38.1 Å². The summed E-state index contributed by atoms with van der Waals surface area (Å²) in [6, 6.07) is 12.5. The van der Waals surface area contributed by atoms with Crippen LogP contribution in [0.3, 0.4) is 0 Å². The molecular formula is C23H27FN4O2. The molecule has 0 radical (unpaired) electrons. The zero-order valence-electron chi connectivity index (χ0n) is 17.4. The number of halogens is 1. The molecule has 0 saturated carbocycles. The molecule has 7 heteroatoms. The van der Waals surface area contributed by atoms with E-state index in [0.717, 1.165) is 29.9 Å². The van der Waals surface area contributed by atoms with Gasteiger partial charge in [0, 0.05) is 30.6 Å². The highest BCUT2D eigenvalue weighted by Crippen LogP contribution is 2.24. The summed E-state index contributed by atoms with van der Waals surface area (Å²) in [4.78, 5) is 4.64. The molecule has 2 aromatic rings. The van der Waals surface area contributed by atoms with E-state index in [2.05, 4.69) is 15.6 Å². The third-order valence-corrected chi connectivity index (χ3v) is 4.78. The minimum atomic E-state index is -0.412. The number of aliphatic imine (C=N–C) groups is 1. The average Bonchev–Trinajstić information content (AvgIpc) is 3.25. The number of nitrogens with zero attached hydrogens (tertiary/aromatic N) is 2. The smallest absolute Gasteiger partial charge is 0.191 e. The molecule has 1 atom stereocenters. The summed E-state index contributed by atoms with van der Waals surface area (Å²) in [7, 11) is 0. The fourth-order valence-corrected chi connectivity index (χ4v) is 3.13. The van der Waals surface area contributed by atoms with Crippen LogP contribution < -0.4 is 15.4 Å². The highest BCUT2D eigenvalue weighted by Gasteiger charge is 2.18. The van der Waals surface area contributed by atoms with Crippen molar-refractivity contribution in [1.82, 2.24) is 10.6 Å². The topological polar surface area (TPSA) is 78.7 Å².